The Bertz CT molecular complexity index is 1070. The predicted molar refractivity (Wildman–Crippen MR) is 130 cm³/mol. The molecule has 0 aliphatic carbocycles. The highest BCUT2D eigenvalue weighted by Gasteiger charge is 2.46. The number of rotatable bonds is 9. The number of Topliss-reactive ketones (excluding diaryl/α,β-unsaturated/α-hetero) is 1. The monoisotopic (exact) mass is 467 g/mol. The maximum Gasteiger partial charge on any atom is 0.295 e. The molecule has 7 heteroatoms. The standard InChI is InChI=1S/C27H33NO6/c1-6-33-22-12-9-19(15-21(22)16(2)3)25(30)23-24(18-7-10-20(29)11-8-18)28(27(32)26(23)31)13-14-34-17(4)5/h7-12,15-17,24,29-30H,6,13-14H2,1-5H3/b25-23-. The van der Waals surface area contributed by atoms with Gasteiger partial charge in [-0.1, -0.05) is 26.0 Å². The van der Waals surface area contributed by atoms with Gasteiger partial charge in [0.25, 0.3) is 11.7 Å². The Balaban J connectivity index is 2.12. The molecule has 1 amide bonds. The summed E-state index contributed by atoms with van der Waals surface area (Å²) in [6.07, 6.45) is -0.0257. The number of phenols is 1. The first-order chi connectivity index (χ1) is 16.1. The topological polar surface area (TPSA) is 96.3 Å². The first-order valence-electron chi connectivity index (χ1n) is 11.6. The van der Waals surface area contributed by atoms with Gasteiger partial charge in [0, 0.05) is 12.1 Å². The molecule has 1 aliphatic rings. The Morgan fingerprint density at radius 3 is 2.32 bits per heavy atom. The van der Waals surface area contributed by atoms with Gasteiger partial charge in [-0.3, -0.25) is 9.59 Å². The fourth-order valence-electron chi connectivity index (χ4n) is 4.09. The van der Waals surface area contributed by atoms with Gasteiger partial charge in [0.2, 0.25) is 0 Å². The van der Waals surface area contributed by atoms with E-state index < -0.39 is 17.7 Å². The maximum atomic E-state index is 13.1. The minimum absolute atomic E-state index is 0.0131. The SMILES string of the molecule is CCOc1ccc(/C(O)=C2/C(=O)C(=O)N(CCOC(C)C)C2c2ccc(O)cc2)cc1C(C)C. The number of carbonyl (C=O) groups is 2. The van der Waals surface area contributed by atoms with E-state index >= 15 is 0 Å². The number of benzene rings is 2. The van der Waals surface area contributed by atoms with Crippen LogP contribution in [0.3, 0.4) is 0 Å². The highest BCUT2D eigenvalue weighted by atomic mass is 16.5. The third-order valence-corrected chi connectivity index (χ3v) is 5.74. The molecule has 2 N–H and O–H groups in total. The number of aliphatic hydroxyl groups excluding tert-OH is 1. The number of ether oxygens (including phenoxy) is 2. The predicted octanol–water partition coefficient (Wildman–Crippen LogP) is 4.76. The first kappa shape index (κ1) is 25.3. The lowest BCUT2D eigenvalue weighted by molar-refractivity contribution is -0.140. The van der Waals surface area contributed by atoms with Crippen molar-refractivity contribution in [2.45, 2.75) is 52.7 Å². The summed E-state index contributed by atoms with van der Waals surface area (Å²) in [4.78, 5) is 27.6. The summed E-state index contributed by atoms with van der Waals surface area (Å²) >= 11 is 0. The minimum atomic E-state index is -0.801. The molecule has 3 rings (SSSR count). The molecule has 0 aromatic heterocycles. The molecule has 0 bridgehead atoms. The van der Waals surface area contributed by atoms with E-state index in [4.69, 9.17) is 9.47 Å². The van der Waals surface area contributed by atoms with Crippen molar-refractivity contribution in [3.63, 3.8) is 0 Å². The lowest BCUT2D eigenvalue weighted by Crippen LogP contribution is -2.33. The highest BCUT2D eigenvalue weighted by molar-refractivity contribution is 6.46. The summed E-state index contributed by atoms with van der Waals surface area (Å²) in [5, 5.41) is 21.0. The number of nitrogens with zero attached hydrogens (tertiary/aromatic N) is 1. The average Bonchev–Trinajstić information content (AvgIpc) is 3.04. The first-order valence-corrected chi connectivity index (χ1v) is 11.6. The summed E-state index contributed by atoms with van der Waals surface area (Å²) in [6, 6.07) is 10.7. The van der Waals surface area contributed by atoms with Crippen LogP contribution in [0.5, 0.6) is 11.5 Å². The molecule has 1 unspecified atom stereocenters. The van der Waals surface area contributed by atoms with Crippen LogP contribution in [-0.2, 0) is 14.3 Å². The van der Waals surface area contributed by atoms with Crippen LogP contribution in [0.25, 0.3) is 5.76 Å². The van der Waals surface area contributed by atoms with Crippen LogP contribution in [0.2, 0.25) is 0 Å². The summed E-state index contributed by atoms with van der Waals surface area (Å²) in [7, 11) is 0. The molecule has 1 saturated heterocycles. The summed E-state index contributed by atoms with van der Waals surface area (Å²) < 4.78 is 11.3. The third-order valence-electron chi connectivity index (χ3n) is 5.74. The Labute approximate surface area is 200 Å². The zero-order valence-electron chi connectivity index (χ0n) is 20.4. The molecule has 0 radical (unpaired) electrons. The number of likely N-dealkylation sites (tertiary alicyclic amines) is 1. The summed E-state index contributed by atoms with van der Waals surface area (Å²) in [5.74, 6) is -0.777. The minimum Gasteiger partial charge on any atom is -0.508 e. The molecular weight excluding hydrogens is 434 g/mol. The fraction of sp³-hybridized carbons (Fsp3) is 0.407. The molecule has 1 fully saturated rings. The van der Waals surface area contributed by atoms with E-state index in [1.165, 1.54) is 17.0 Å². The molecule has 0 spiro atoms. The second-order valence-corrected chi connectivity index (χ2v) is 8.84. The van der Waals surface area contributed by atoms with Gasteiger partial charge in [-0.2, -0.15) is 0 Å². The van der Waals surface area contributed by atoms with Gasteiger partial charge < -0.3 is 24.6 Å². The van der Waals surface area contributed by atoms with Crippen LogP contribution in [0.1, 0.15) is 63.3 Å². The number of ketones is 1. The van der Waals surface area contributed by atoms with Gasteiger partial charge in [-0.25, -0.2) is 0 Å². The molecule has 1 heterocycles. The van der Waals surface area contributed by atoms with Gasteiger partial charge in [0.1, 0.15) is 17.3 Å². The molecule has 2 aromatic carbocycles. The number of phenolic OH excluding ortho intramolecular Hbond substituents is 1. The van der Waals surface area contributed by atoms with E-state index in [-0.39, 0.29) is 42.3 Å². The van der Waals surface area contributed by atoms with Gasteiger partial charge in [-0.05, 0) is 68.1 Å². The number of hydrogen-bond donors (Lipinski definition) is 2. The van der Waals surface area contributed by atoms with Crippen LogP contribution >= 0.6 is 0 Å². The van der Waals surface area contributed by atoms with E-state index in [1.807, 2.05) is 34.6 Å². The largest absolute Gasteiger partial charge is 0.508 e. The second-order valence-electron chi connectivity index (χ2n) is 8.84. The van der Waals surface area contributed by atoms with Gasteiger partial charge >= 0.3 is 0 Å². The van der Waals surface area contributed by atoms with Gasteiger partial charge in [-0.15, -0.1) is 0 Å². The Hall–Kier alpha value is -3.32. The maximum absolute atomic E-state index is 13.1. The average molecular weight is 468 g/mol. The van der Waals surface area contributed by atoms with Crippen LogP contribution in [-0.4, -0.2) is 52.7 Å². The van der Waals surface area contributed by atoms with Gasteiger partial charge in [0.15, 0.2) is 0 Å². The highest BCUT2D eigenvalue weighted by Crippen LogP contribution is 2.40. The van der Waals surface area contributed by atoms with Gasteiger partial charge in [0.05, 0.1) is 30.9 Å². The zero-order valence-corrected chi connectivity index (χ0v) is 20.4. The Morgan fingerprint density at radius 1 is 1.06 bits per heavy atom. The molecular formula is C27H33NO6. The summed E-state index contributed by atoms with van der Waals surface area (Å²) in [6.45, 7) is 10.7. The molecule has 1 aliphatic heterocycles. The van der Waals surface area contributed by atoms with Crippen molar-refractivity contribution in [3.8, 4) is 11.5 Å². The van der Waals surface area contributed by atoms with E-state index in [1.54, 1.807) is 30.3 Å². The van der Waals surface area contributed by atoms with Crippen molar-refractivity contribution < 1.29 is 29.3 Å². The number of aliphatic hydroxyl groups is 1. The third kappa shape index (κ3) is 5.25. The van der Waals surface area contributed by atoms with Crippen molar-refractivity contribution in [2.75, 3.05) is 19.8 Å². The lowest BCUT2D eigenvalue weighted by atomic mass is 9.93. The molecule has 2 aromatic rings. The van der Waals surface area contributed by atoms with Crippen LogP contribution in [0, 0.1) is 0 Å². The smallest absolute Gasteiger partial charge is 0.295 e. The quantitative estimate of drug-likeness (QED) is 0.314. The van der Waals surface area contributed by atoms with E-state index in [0.717, 1.165) is 11.3 Å². The van der Waals surface area contributed by atoms with E-state index in [0.29, 0.717) is 17.7 Å². The number of hydrogen-bond acceptors (Lipinski definition) is 6. The van der Waals surface area contributed by atoms with E-state index in [2.05, 4.69) is 0 Å². The summed E-state index contributed by atoms with van der Waals surface area (Å²) in [5.41, 5.74) is 1.95. The van der Waals surface area contributed by atoms with E-state index in [9.17, 15) is 19.8 Å². The molecule has 34 heavy (non-hydrogen) atoms. The fourth-order valence-corrected chi connectivity index (χ4v) is 4.09. The number of carbonyl (C=O) groups excluding carboxylic acids is 2. The lowest BCUT2D eigenvalue weighted by Gasteiger charge is -2.25. The van der Waals surface area contributed by atoms with Crippen LogP contribution in [0.15, 0.2) is 48.0 Å². The molecule has 0 saturated carbocycles. The van der Waals surface area contributed by atoms with Crippen molar-refractivity contribution in [2.24, 2.45) is 0 Å². The number of amides is 1. The molecule has 7 nitrogen and oxygen atoms in total. The second kappa shape index (κ2) is 10.7. The van der Waals surface area contributed by atoms with Crippen molar-refractivity contribution >= 4 is 17.4 Å². The van der Waals surface area contributed by atoms with Crippen molar-refractivity contribution in [3.05, 3.63) is 64.7 Å². The zero-order chi connectivity index (χ0) is 25.0. The van der Waals surface area contributed by atoms with Crippen molar-refractivity contribution in [1.82, 2.24) is 4.90 Å². The van der Waals surface area contributed by atoms with Crippen LogP contribution < -0.4 is 4.74 Å². The number of aromatic hydroxyl groups is 1. The Kier molecular flexibility index (Phi) is 7.99. The van der Waals surface area contributed by atoms with Crippen LogP contribution in [0.4, 0.5) is 0 Å². The Morgan fingerprint density at radius 2 is 1.74 bits per heavy atom. The molecule has 182 valence electrons. The normalized spacial score (nSPS) is 17.7. The van der Waals surface area contributed by atoms with Crippen molar-refractivity contribution in [1.29, 1.82) is 0 Å². The molecule has 1 atom stereocenters.